The van der Waals surface area contributed by atoms with Gasteiger partial charge in [0, 0.05) is 44.2 Å². The Bertz CT molecular complexity index is 1040. The molecule has 0 aromatic heterocycles. The van der Waals surface area contributed by atoms with E-state index in [0.29, 0.717) is 18.7 Å². The number of methoxy groups -OCH3 is 2. The first-order valence-electron chi connectivity index (χ1n) is 11.5. The highest BCUT2D eigenvalue weighted by molar-refractivity contribution is 6.03. The molecule has 176 valence electrons. The van der Waals surface area contributed by atoms with Crippen LogP contribution in [0.4, 0.5) is 0 Å². The number of benzene rings is 2. The topological polar surface area (TPSA) is 57.6 Å². The number of hydrazone groups is 1. The van der Waals surface area contributed by atoms with E-state index in [1.54, 1.807) is 19.2 Å². The summed E-state index contributed by atoms with van der Waals surface area (Å²) in [7, 11) is 5.40. The van der Waals surface area contributed by atoms with Crippen molar-refractivity contribution in [2.45, 2.75) is 26.3 Å². The highest BCUT2D eigenvalue weighted by Crippen LogP contribution is 2.39. The first-order valence-corrected chi connectivity index (χ1v) is 11.5. The molecule has 1 unspecified atom stereocenters. The van der Waals surface area contributed by atoms with Gasteiger partial charge in [0.1, 0.15) is 11.5 Å². The summed E-state index contributed by atoms with van der Waals surface area (Å²) in [5.41, 5.74) is 5.38. The molecule has 0 spiro atoms. The Kier molecular flexibility index (Phi) is 7.00. The Balaban J connectivity index is 1.65. The molecule has 2 aromatic rings. The van der Waals surface area contributed by atoms with Gasteiger partial charge in [0.05, 0.1) is 32.5 Å². The zero-order chi connectivity index (χ0) is 23.5. The van der Waals surface area contributed by atoms with Gasteiger partial charge in [-0.15, -0.1) is 0 Å². The van der Waals surface area contributed by atoms with Gasteiger partial charge in [-0.05, 0) is 55.8 Å². The molecule has 0 aliphatic carbocycles. The number of hydrogen-bond donors (Lipinski definition) is 0. The van der Waals surface area contributed by atoms with Crippen LogP contribution in [-0.4, -0.2) is 80.4 Å². The van der Waals surface area contributed by atoms with Gasteiger partial charge in [0.25, 0.3) is 5.91 Å². The smallest absolute Gasteiger partial charge is 0.257 e. The predicted octanol–water partition coefficient (Wildman–Crippen LogP) is 3.25. The number of piperazine rings is 1. The fraction of sp³-hybridized carbons (Fsp3) is 0.462. The first-order chi connectivity index (χ1) is 15.9. The van der Waals surface area contributed by atoms with Crippen LogP contribution >= 0.6 is 0 Å². The molecule has 1 atom stereocenters. The molecule has 1 saturated heterocycles. The first kappa shape index (κ1) is 23.3. The molecular formula is C26H34N4O3. The number of amides is 1. The van der Waals surface area contributed by atoms with Crippen molar-refractivity contribution < 1.29 is 14.3 Å². The number of likely N-dealkylation sites (N-methyl/N-ethyl adjacent to an activating group) is 1. The monoisotopic (exact) mass is 450 g/mol. The molecule has 2 aromatic carbocycles. The van der Waals surface area contributed by atoms with Crippen LogP contribution in [0.5, 0.6) is 11.5 Å². The second kappa shape index (κ2) is 9.93. The van der Waals surface area contributed by atoms with Gasteiger partial charge in [0.15, 0.2) is 0 Å². The minimum Gasteiger partial charge on any atom is -0.497 e. The van der Waals surface area contributed by atoms with Gasteiger partial charge in [-0.3, -0.25) is 9.69 Å². The van der Waals surface area contributed by atoms with Gasteiger partial charge < -0.3 is 14.4 Å². The van der Waals surface area contributed by atoms with E-state index in [4.69, 9.17) is 14.6 Å². The standard InChI is InChI=1S/C26H34N4O3/c1-18-6-7-20(14-19(18)2)23-16-24(22-9-8-21(32-4)15-25(22)33-5)30(27-23)26(31)17-29-12-10-28(3)11-13-29/h6-9,14-15,24H,10-13,16-17H2,1-5H3. The second-order valence-electron chi connectivity index (χ2n) is 8.99. The van der Waals surface area contributed by atoms with E-state index in [2.05, 4.69) is 48.9 Å². The minimum atomic E-state index is -0.220. The van der Waals surface area contributed by atoms with Crippen molar-refractivity contribution in [3.63, 3.8) is 0 Å². The van der Waals surface area contributed by atoms with Crippen LogP contribution in [0.2, 0.25) is 0 Å². The summed E-state index contributed by atoms with van der Waals surface area (Å²) < 4.78 is 11.1. The number of ether oxygens (including phenoxy) is 2. The maximum Gasteiger partial charge on any atom is 0.257 e. The summed E-state index contributed by atoms with van der Waals surface area (Å²) in [6, 6.07) is 11.9. The lowest BCUT2D eigenvalue weighted by Crippen LogP contribution is -2.48. The predicted molar refractivity (Wildman–Crippen MR) is 130 cm³/mol. The molecule has 0 radical (unpaired) electrons. The number of carbonyl (C=O) groups excluding carboxylic acids is 1. The summed E-state index contributed by atoms with van der Waals surface area (Å²) in [6.45, 7) is 8.30. The third kappa shape index (κ3) is 5.04. The Morgan fingerprint density at radius 1 is 1.00 bits per heavy atom. The quantitative estimate of drug-likeness (QED) is 0.676. The average Bonchev–Trinajstić information content (AvgIpc) is 3.27. The van der Waals surface area contributed by atoms with Gasteiger partial charge >= 0.3 is 0 Å². The molecule has 33 heavy (non-hydrogen) atoms. The summed E-state index contributed by atoms with van der Waals surface area (Å²) in [5.74, 6) is 1.44. The van der Waals surface area contributed by atoms with Gasteiger partial charge in [-0.2, -0.15) is 5.10 Å². The molecule has 2 aliphatic heterocycles. The fourth-order valence-corrected chi connectivity index (χ4v) is 4.44. The Labute approximate surface area is 196 Å². The third-order valence-electron chi connectivity index (χ3n) is 6.76. The molecule has 0 bridgehead atoms. The summed E-state index contributed by atoms with van der Waals surface area (Å²) >= 11 is 0. The molecule has 7 nitrogen and oxygen atoms in total. The van der Waals surface area contributed by atoms with Crippen molar-refractivity contribution in [3.05, 3.63) is 58.7 Å². The summed E-state index contributed by atoms with van der Waals surface area (Å²) in [4.78, 5) is 18.0. The molecule has 0 saturated carbocycles. The van der Waals surface area contributed by atoms with E-state index in [0.717, 1.165) is 48.8 Å². The van der Waals surface area contributed by atoms with Gasteiger partial charge in [-0.25, -0.2) is 5.01 Å². The number of rotatable bonds is 6. The fourth-order valence-electron chi connectivity index (χ4n) is 4.44. The molecule has 2 heterocycles. The maximum absolute atomic E-state index is 13.5. The van der Waals surface area contributed by atoms with Crippen LogP contribution in [0.3, 0.4) is 0 Å². The average molecular weight is 451 g/mol. The normalized spacial score (nSPS) is 19.5. The number of aryl methyl sites for hydroxylation is 2. The molecular weight excluding hydrogens is 416 g/mol. The molecule has 4 rings (SSSR count). The number of carbonyl (C=O) groups is 1. The van der Waals surface area contributed by atoms with Crippen LogP contribution in [0, 0.1) is 13.8 Å². The SMILES string of the molecule is COc1ccc(C2CC(c3ccc(C)c(C)c3)=NN2C(=O)CN2CCN(C)CC2)c(OC)c1. The van der Waals surface area contributed by atoms with Crippen LogP contribution in [0.25, 0.3) is 0 Å². The largest absolute Gasteiger partial charge is 0.497 e. The van der Waals surface area contributed by atoms with E-state index >= 15 is 0 Å². The zero-order valence-corrected chi connectivity index (χ0v) is 20.3. The van der Waals surface area contributed by atoms with E-state index < -0.39 is 0 Å². The zero-order valence-electron chi connectivity index (χ0n) is 20.3. The van der Waals surface area contributed by atoms with Gasteiger partial charge in [-0.1, -0.05) is 12.1 Å². The second-order valence-corrected chi connectivity index (χ2v) is 8.99. The van der Waals surface area contributed by atoms with Crippen LogP contribution < -0.4 is 9.47 Å². The number of nitrogens with zero attached hydrogens (tertiary/aromatic N) is 4. The van der Waals surface area contributed by atoms with Crippen molar-refractivity contribution in [1.29, 1.82) is 0 Å². The van der Waals surface area contributed by atoms with Gasteiger partial charge in [0.2, 0.25) is 0 Å². The minimum absolute atomic E-state index is 0.0151. The van der Waals surface area contributed by atoms with Crippen molar-refractivity contribution in [2.24, 2.45) is 5.10 Å². The van der Waals surface area contributed by atoms with Crippen molar-refractivity contribution in [2.75, 3.05) is 54.0 Å². The summed E-state index contributed by atoms with van der Waals surface area (Å²) in [5, 5.41) is 6.54. The van der Waals surface area contributed by atoms with Crippen molar-refractivity contribution >= 4 is 11.6 Å². The van der Waals surface area contributed by atoms with Crippen molar-refractivity contribution in [3.8, 4) is 11.5 Å². The lowest BCUT2D eigenvalue weighted by Gasteiger charge is -2.33. The van der Waals surface area contributed by atoms with E-state index in [-0.39, 0.29) is 11.9 Å². The highest BCUT2D eigenvalue weighted by atomic mass is 16.5. The number of hydrogen-bond acceptors (Lipinski definition) is 6. The van der Waals surface area contributed by atoms with Crippen LogP contribution in [0.15, 0.2) is 41.5 Å². The van der Waals surface area contributed by atoms with E-state index in [9.17, 15) is 4.79 Å². The van der Waals surface area contributed by atoms with Crippen molar-refractivity contribution in [1.82, 2.24) is 14.8 Å². The third-order valence-corrected chi connectivity index (χ3v) is 6.76. The van der Waals surface area contributed by atoms with Crippen LogP contribution in [-0.2, 0) is 4.79 Å². The van der Waals surface area contributed by atoms with Crippen LogP contribution in [0.1, 0.15) is 34.7 Å². The lowest BCUT2D eigenvalue weighted by atomic mass is 9.96. The molecule has 1 fully saturated rings. The maximum atomic E-state index is 13.5. The Hall–Kier alpha value is -2.90. The highest BCUT2D eigenvalue weighted by Gasteiger charge is 2.35. The molecule has 2 aliphatic rings. The molecule has 1 amide bonds. The summed E-state index contributed by atoms with van der Waals surface area (Å²) in [6.07, 6.45) is 0.639. The van der Waals surface area contributed by atoms with E-state index in [1.165, 1.54) is 11.1 Å². The Morgan fingerprint density at radius 3 is 2.42 bits per heavy atom. The van der Waals surface area contributed by atoms with E-state index in [1.807, 2.05) is 18.2 Å². The molecule has 7 heteroatoms. The molecule has 0 N–H and O–H groups in total. The Morgan fingerprint density at radius 2 is 1.76 bits per heavy atom. The lowest BCUT2D eigenvalue weighted by molar-refractivity contribution is -0.134.